The fraction of sp³-hybridized carbons (Fsp3) is 0.154. The Hall–Kier alpha value is -4.05. The van der Waals surface area contributed by atoms with Crippen LogP contribution in [0.5, 0.6) is 17.2 Å². The number of hydrogen-bond acceptors (Lipinski definition) is 5. The topological polar surface area (TPSA) is 60.0 Å². The van der Waals surface area contributed by atoms with Crippen LogP contribution in [0.15, 0.2) is 72.4 Å². The van der Waals surface area contributed by atoms with E-state index in [9.17, 15) is 18.0 Å². The van der Waals surface area contributed by atoms with Gasteiger partial charge >= 0.3 is 6.18 Å². The van der Waals surface area contributed by atoms with Gasteiger partial charge in [-0.2, -0.15) is 13.2 Å². The molecule has 0 radical (unpaired) electrons. The van der Waals surface area contributed by atoms with Crippen molar-refractivity contribution in [1.82, 2.24) is 5.32 Å². The monoisotopic (exact) mass is 514 g/mol. The van der Waals surface area contributed by atoms with E-state index in [-0.39, 0.29) is 29.1 Å². The van der Waals surface area contributed by atoms with Gasteiger partial charge in [-0.1, -0.05) is 24.3 Å². The maximum atomic E-state index is 13.1. The van der Waals surface area contributed by atoms with Crippen molar-refractivity contribution in [3.8, 4) is 17.2 Å². The lowest BCUT2D eigenvalue weighted by atomic mass is 10.1. The summed E-state index contributed by atoms with van der Waals surface area (Å²) in [4.78, 5) is 14.5. The number of amides is 1. The van der Waals surface area contributed by atoms with Gasteiger partial charge in [-0.3, -0.25) is 4.79 Å². The Kier molecular flexibility index (Phi) is 7.16. The van der Waals surface area contributed by atoms with Crippen molar-refractivity contribution in [1.29, 1.82) is 0 Å². The molecule has 6 nitrogen and oxygen atoms in total. The smallest absolute Gasteiger partial charge is 0.416 e. The molecular weight excluding hydrogens is 493 g/mol. The van der Waals surface area contributed by atoms with Gasteiger partial charge in [0.25, 0.3) is 5.91 Å². The first kappa shape index (κ1) is 25.1. The molecule has 186 valence electrons. The van der Waals surface area contributed by atoms with Gasteiger partial charge in [0, 0.05) is 5.56 Å². The molecule has 0 atom stereocenters. The summed E-state index contributed by atoms with van der Waals surface area (Å²) in [5.74, 6) is 0.693. The highest BCUT2D eigenvalue weighted by molar-refractivity contribution is 7.80. The number of benzene rings is 3. The van der Waals surface area contributed by atoms with E-state index in [4.69, 9.17) is 26.4 Å². The Morgan fingerprint density at radius 3 is 2.44 bits per heavy atom. The van der Waals surface area contributed by atoms with Gasteiger partial charge < -0.3 is 19.5 Å². The number of para-hydroxylation sites is 2. The van der Waals surface area contributed by atoms with Crippen molar-refractivity contribution in [3.63, 3.8) is 0 Å². The van der Waals surface area contributed by atoms with Gasteiger partial charge in [-0.05, 0) is 66.3 Å². The van der Waals surface area contributed by atoms with Crippen LogP contribution < -0.4 is 24.4 Å². The number of hydrogen-bond donors (Lipinski definition) is 1. The lowest BCUT2D eigenvalue weighted by molar-refractivity contribution is -0.137. The lowest BCUT2D eigenvalue weighted by Gasteiger charge is -2.17. The number of anilines is 1. The molecular formula is C26H21F3N2O4S. The summed E-state index contributed by atoms with van der Waals surface area (Å²) >= 11 is 5.38. The average molecular weight is 515 g/mol. The van der Waals surface area contributed by atoms with Crippen LogP contribution in [0.3, 0.4) is 0 Å². The Labute approximate surface area is 210 Å². The van der Waals surface area contributed by atoms with Crippen molar-refractivity contribution in [3.05, 3.63) is 89.1 Å². The second-order valence-corrected chi connectivity index (χ2v) is 8.07. The molecule has 10 heteroatoms. The van der Waals surface area contributed by atoms with Gasteiger partial charge in [-0.15, -0.1) is 0 Å². The van der Waals surface area contributed by atoms with Gasteiger partial charge in [0.2, 0.25) is 0 Å². The Morgan fingerprint density at radius 1 is 0.972 bits per heavy atom. The first-order valence-corrected chi connectivity index (χ1v) is 11.1. The second kappa shape index (κ2) is 10.3. The predicted octanol–water partition coefficient (Wildman–Crippen LogP) is 5.56. The molecule has 0 spiro atoms. The zero-order valence-corrected chi connectivity index (χ0v) is 20.1. The number of halogens is 3. The quantitative estimate of drug-likeness (QED) is 0.329. The van der Waals surface area contributed by atoms with Crippen LogP contribution in [0, 0.1) is 0 Å². The number of alkyl halides is 3. The van der Waals surface area contributed by atoms with E-state index in [0.29, 0.717) is 28.3 Å². The highest BCUT2D eigenvalue weighted by atomic mass is 32.1. The third kappa shape index (κ3) is 5.28. The summed E-state index contributed by atoms with van der Waals surface area (Å²) in [7, 11) is 2.99. The first-order chi connectivity index (χ1) is 17.2. The van der Waals surface area contributed by atoms with Crippen LogP contribution in [0.2, 0.25) is 0 Å². The molecule has 1 saturated heterocycles. The average Bonchev–Trinajstić information content (AvgIpc) is 3.14. The molecule has 0 aliphatic carbocycles. The van der Waals surface area contributed by atoms with Crippen LogP contribution in [-0.2, 0) is 17.6 Å². The van der Waals surface area contributed by atoms with E-state index >= 15 is 0 Å². The molecule has 0 unspecified atom stereocenters. The number of rotatable bonds is 7. The highest BCUT2D eigenvalue weighted by Crippen LogP contribution is 2.33. The van der Waals surface area contributed by atoms with Crippen molar-refractivity contribution in [2.24, 2.45) is 0 Å². The Bertz CT molecular complexity index is 1340. The van der Waals surface area contributed by atoms with E-state index in [2.05, 4.69) is 5.32 Å². The minimum Gasteiger partial charge on any atom is -0.496 e. The second-order valence-electron chi connectivity index (χ2n) is 7.69. The highest BCUT2D eigenvalue weighted by Gasteiger charge is 2.34. The molecule has 1 fully saturated rings. The molecule has 3 aromatic rings. The molecule has 0 saturated carbocycles. The number of ether oxygens (including phenoxy) is 3. The Morgan fingerprint density at radius 2 is 1.72 bits per heavy atom. The van der Waals surface area contributed by atoms with E-state index in [1.807, 2.05) is 0 Å². The number of nitrogens with zero attached hydrogens (tertiary/aromatic N) is 1. The maximum Gasteiger partial charge on any atom is 0.416 e. The third-order valence-corrected chi connectivity index (χ3v) is 5.66. The minimum atomic E-state index is -4.47. The fourth-order valence-corrected chi connectivity index (χ4v) is 3.95. The summed E-state index contributed by atoms with van der Waals surface area (Å²) in [5.41, 5.74) is 1.18. The minimum absolute atomic E-state index is 0.0470. The zero-order chi connectivity index (χ0) is 25.9. The molecule has 0 bridgehead atoms. The van der Waals surface area contributed by atoms with Crippen molar-refractivity contribution >= 4 is 35.0 Å². The van der Waals surface area contributed by atoms with E-state index in [1.54, 1.807) is 48.5 Å². The van der Waals surface area contributed by atoms with Crippen LogP contribution in [0.4, 0.5) is 18.9 Å². The zero-order valence-electron chi connectivity index (χ0n) is 19.3. The molecule has 1 heterocycles. The van der Waals surface area contributed by atoms with Crippen LogP contribution in [0.1, 0.15) is 16.7 Å². The number of nitrogens with one attached hydrogen (secondary N) is 1. The molecule has 1 N–H and O–H groups in total. The van der Waals surface area contributed by atoms with E-state index in [0.717, 1.165) is 12.1 Å². The molecule has 36 heavy (non-hydrogen) atoms. The van der Waals surface area contributed by atoms with Gasteiger partial charge in [0.05, 0.1) is 25.5 Å². The fourth-order valence-electron chi connectivity index (χ4n) is 3.66. The van der Waals surface area contributed by atoms with Gasteiger partial charge in [0.15, 0.2) is 5.11 Å². The maximum absolute atomic E-state index is 13.1. The number of carbonyl (C=O) groups is 1. The number of carbonyl (C=O) groups excluding carboxylic acids is 1. The lowest BCUT2D eigenvalue weighted by Crippen LogP contribution is -2.30. The van der Waals surface area contributed by atoms with Crippen LogP contribution in [-0.4, -0.2) is 25.2 Å². The molecule has 1 aliphatic heterocycles. The Balaban J connectivity index is 1.57. The SMILES string of the molecule is COc1ccc(/C=C2/NC(=S)N(c3ccccc3OC)C2=O)cc1COc1cccc(C(F)(F)F)c1. The molecule has 3 aromatic carbocycles. The molecule has 0 aromatic heterocycles. The van der Waals surface area contributed by atoms with E-state index < -0.39 is 11.7 Å². The van der Waals surface area contributed by atoms with Crippen LogP contribution >= 0.6 is 12.2 Å². The number of methoxy groups -OCH3 is 2. The van der Waals surface area contributed by atoms with E-state index in [1.165, 1.54) is 31.3 Å². The summed E-state index contributed by atoms with van der Waals surface area (Å²) in [6, 6.07) is 16.8. The molecule has 1 amide bonds. The normalized spacial score (nSPS) is 14.7. The summed E-state index contributed by atoms with van der Waals surface area (Å²) in [5, 5.41) is 3.13. The third-order valence-electron chi connectivity index (χ3n) is 5.38. The predicted molar refractivity (Wildman–Crippen MR) is 133 cm³/mol. The van der Waals surface area contributed by atoms with Gasteiger partial charge in [-0.25, -0.2) is 4.90 Å². The summed E-state index contributed by atoms with van der Waals surface area (Å²) in [6.07, 6.45) is -2.85. The standard InChI is InChI=1S/C26H21F3N2O4S/c1-33-22-11-10-16(12-17(22)15-35-19-7-5-6-18(14-19)26(27,28)29)13-20-24(32)31(25(36)30-20)21-8-3-4-9-23(21)34-2/h3-14H,15H2,1-2H3,(H,30,36)/b20-13+. The summed E-state index contributed by atoms with van der Waals surface area (Å²) in [6.45, 7) is -0.0470. The largest absolute Gasteiger partial charge is 0.496 e. The van der Waals surface area contributed by atoms with Crippen molar-refractivity contribution in [2.45, 2.75) is 12.8 Å². The summed E-state index contributed by atoms with van der Waals surface area (Å²) < 4.78 is 55.3. The molecule has 1 aliphatic rings. The van der Waals surface area contributed by atoms with Crippen molar-refractivity contribution in [2.75, 3.05) is 19.1 Å². The van der Waals surface area contributed by atoms with Crippen LogP contribution in [0.25, 0.3) is 6.08 Å². The first-order valence-electron chi connectivity index (χ1n) is 10.7. The molecule has 4 rings (SSSR count). The van der Waals surface area contributed by atoms with Crippen molar-refractivity contribution < 1.29 is 32.2 Å². The number of thiocarbonyl (C=S) groups is 1. The van der Waals surface area contributed by atoms with Gasteiger partial charge in [0.1, 0.15) is 29.6 Å².